The fraction of sp³-hybridized carbons (Fsp3) is 0.273. The van der Waals surface area contributed by atoms with Gasteiger partial charge in [-0.1, -0.05) is 41.1 Å². The summed E-state index contributed by atoms with van der Waals surface area (Å²) >= 11 is 5.72. The Morgan fingerprint density at radius 2 is 1.61 bits per heavy atom. The smallest absolute Gasteiger partial charge is 0.348 e. The number of nitrogens with zero attached hydrogens (tertiary/aromatic N) is 2. The molecule has 0 aromatic heterocycles. The van der Waals surface area contributed by atoms with Gasteiger partial charge in [0.1, 0.15) is 7.85 Å². The third kappa shape index (κ3) is 4.19. The Labute approximate surface area is 229 Å². The summed E-state index contributed by atoms with van der Waals surface area (Å²) in [5, 5.41) is -2.41. The fourth-order valence-corrected chi connectivity index (χ4v) is 4.47. The van der Waals surface area contributed by atoms with Crippen LogP contribution in [0, 0.1) is 0 Å². The minimum atomic E-state index is -4.11. The number of hydrogen-bond acceptors (Lipinski definition) is 4. The lowest BCUT2D eigenvalue weighted by Gasteiger charge is -2.52. The normalized spacial score (nSPS) is 21.1. The highest BCUT2D eigenvalue weighted by Gasteiger charge is 2.57. The Kier molecular flexibility index (Phi) is 6.70. The summed E-state index contributed by atoms with van der Waals surface area (Å²) < 4.78 is 29.8. The molecule has 2 aliphatic heterocycles. The van der Waals surface area contributed by atoms with Gasteiger partial charge in [0.05, 0.1) is 36.8 Å². The van der Waals surface area contributed by atoms with Crippen LogP contribution < -0.4 is 5.32 Å². The number of halogens is 3. The van der Waals surface area contributed by atoms with Gasteiger partial charge in [-0.2, -0.15) is 8.78 Å². The van der Waals surface area contributed by atoms with Crippen molar-refractivity contribution in [1.29, 1.82) is 0 Å². The summed E-state index contributed by atoms with van der Waals surface area (Å²) in [6.07, 6.45) is -0.554. The molecule has 2 heterocycles. The molecule has 1 saturated heterocycles. The average Bonchev–Trinajstić information content (AvgIpc) is 3.17. The molecule has 0 bridgehead atoms. The van der Waals surface area contributed by atoms with Gasteiger partial charge in [-0.15, -0.1) is 0 Å². The van der Waals surface area contributed by atoms with Crippen molar-refractivity contribution in [3.05, 3.63) is 69.7 Å². The summed E-state index contributed by atoms with van der Waals surface area (Å²) in [7, 11) is 35.9. The number of carbonyl (C=O) groups excluding carboxylic acids is 4. The van der Waals surface area contributed by atoms with Gasteiger partial charge in [0.2, 0.25) is 19.8 Å². The average molecular weight is 521 g/mol. The van der Waals surface area contributed by atoms with E-state index in [9.17, 15) is 28.0 Å². The van der Waals surface area contributed by atoms with Crippen molar-refractivity contribution in [2.75, 3.05) is 0 Å². The van der Waals surface area contributed by atoms with E-state index in [2.05, 4.69) is 0 Å². The molecule has 178 valence electrons. The van der Waals surface area contributed by atoms with Crippen LogP contribution in [0.4, 0.5) is 8.78 Å². The lowest BCUT2D eigenvalue weighted by Crippen LogP contribution is -2.70. The molecule has 1 atom stereocenters. The largest absolute Gasteiger partial charge is 0.398 e. The van der Waals surface area contributed by atoms with Gasteiger partial charge in [-0.05, 0) is 34.7 Å². The molecule has 1 N–H and O–H groups in total. The molecule has 2 aromatic rings. The van der Waals surface area contributed by atoms with E-state index in [1.165, 1.54) is 30.3 Å². The van der Waals surface area contributed by atoms with Crippen molar-refractivity contribution in [1.82, 2.24) is 15.0 Å². The lowest BCUT2D eigenvalue weighted by atomic mass is 9.36. The first kappa shape index (κ1) is 28.1. The molecule has 16 heteroatoms. The lowest BCUT2D eigenvalue weighted by molar-refractivity contribution is -0.155. The van der Waals surface area contributed by atoms with E-state index in [1.54, 1.807) is 0 Å². The SMILES string of the molecule is [B]N(C(=O)C(F)(F)c1ccc(Cl)cc1)C([B])([B])c1ccc2c(c1)CN([C@@]1([B])C(=O)NC(=O)CC1([B])[B])C2=O. The summed E-state index contributed by atoms with van der Waals surface area (Å²) in [6.45, 7) is -0.341. The van der Waals surface area contributed by atoms with Crippen molar-refractivity contribution in [2.24, 2.45) is 0 Å². The molecular weight excluding hydrogens is 509 g/mol. The third-order valence-corrected chi connectivity index (χ3v) is 6.90. The molecule has 0 unspecified atom stereocenters. The van der Waals surface area contributed by atoms with Crippen molar-refractivity contribution in [3.8, 4) is 0 Å². The third-order valence-electron chi connectivity index (χ3n) is 6.65. The van der Waals surface area contributed by atoms with E-state index in [-0.39, 0.29) is 33.1 Å². The number of amides is 4. The van der Waals surface area contributed by atoms with E-state index in [1.807, 2.05) is 5.32 Å². The molecule has 4 rings (SSSR count). The second-order valence-corrected chi connectivity index (χ2v) is 9.64. The summed E-state index contributed by atoms with van der Waals surface area (Å²) in [5.41, 5.74) is -2.91. The number of benzene rings is 2. The first-order valence-corrected chi connectivity index (χ1v) is 11.3. The number of fused-ring (bicyclic) bond motifs is 1. The second kappa shape index (κ2) is 9.07. The molecule has 4 amide bonds. The number of piperidine rings is 1. The quantitative estimate of drug-likeness (QED) is 0.438. The number of nitrogens with one attached hydrogen (secondary N) is 1. The maximum Gasteiger partial charge on any atom is 0.348 e. The van der Waals surface area contributed by atoms with E-state index >= 15 is 0 Å². The van der Waals surface area contributed by atoms with Crippen LogP contribution in [0.1, 0.15) is 33.5 Å². The monoisotopic (exact) mass is 521 g/mol. The number of carbonyl (C=O) groups is 4. The van der Waals surface area contributed by atoms with Gasteiger partial charge >= 0.3 is 5.92 Å². The first-order valence-electron chi connectivity index (χ1n) is 10.9. The Balaban J connectivity index is 1.64. The predicted octanol–water partition coefficient (Wildman–Crippen LogP) is -0.188. The predicted molar refractivity (Wildman–Crippen MR) is 138 cm³/mol. The van der Waals surface area contributed by atoms with Crippen molar-refractivity contribution in [2.45, 2.75) is 34.9 Å². The maximum absolute atomic E-state index is 14.9. The highest BCUT2D eigenvalue weighted by molar-refractivity contribution is 6.52. The van der Waals surface area contributed by atoms with Crippen LogP contribution in [0.3, 0.4) is 0 Å². The summed E-state index contributed by atoms with van der Waals surface area (Å²) in [4.78, 5) is 51.1. The Hall–Kier alpha value is -2.94. The van der Waals surface area contributed by atoms with Crippen molar-refractivity contribution in [3.63, 3.8) is 0 Å². The Morgan fingerprint density at radius 1 is 1.03 bits per heavy atom. The maximum atomic E-state index is 14.9. The van der Waals surface area contributed by atoms with Crippen LogP contribution in [0.15, 0.2) is 42.5 Å². The van der Waals surface area contributed by atoms with E-state index in [4.69, 9.17) is 58.8 Å². The van der Waals surface area contributed by atoms with Gasteiger partial charge in [-0.3, -0.25) is 24.5 Å². The molecule has 2 aromatic carbocycles. The molecule has 12 radical (unpaired) electrons. The first-order chi connectivity index (χ1) is 17.4. The van der Waals surface area contributed by atoms with Gasteiger partial charge in [0.15, 0.2) is 0 Å². The van der Waals surface area contributed by atoms with Crippen LogP contribution in [0.25, 0.3) is 0 Å². The number of alkyl halides is 2. The zero-order valence-corrected chi connectivity index (χ0v) is 20.3. The topological polar surface area (TPSA) is 86.8 Å². The summed E-state index contributed by atoms with van der Waals surface area (Å²) in [6, 6.07) is 7.91. The van der Waals surface area contributed by atoms with Crippen molar-refractivity contribution < 1.29 is 28.0 Å². The van der Waals surface area contributed by atoms with Gasteiger partial charge in [0, 0.05) is 29.1 Å². The molecule has 2 aliphatic rings. The van der Waals surface area contributed by atoms with Gasteiger partial charge in [0.25, 0.3) is 11.8 Å². The second-order valence-electron chi connectivity index (χ2n) is 9.21. The molecule has 38 heavy (non-hydrogen) atoms. The molecule has 0 spiro atoms. The summed E-state index contributed by atoms with van der Waals surface area (Å²) in [5.74, 6) is -8.64. The van der Waals surface area contributed by atoms with Crippen LogP contribution in [-0.4, -0.2) is 86.0 Å². The number of imide groups is 1. The molecule has 1 fully saturated rings. The highest BCUT2D eigenvalue weighted by atomic mass is 35.5. The van der Waals surface area contributed by atoms with E-state index in [0.29, 0.717) is 0 Å². The molecule has 0 aliphatic carbocycles. The fourth-order valence-electron chi connectivity index (χ4n) is 4.35. The molecular formula is C22H12B6ClF2N3O4. The van der Waals surface area contributed by atoms with E-state index in [0.717, 1.165) is 17.0 Å². The van der Waals surface area contributed by atoms with Crippen molar-refractivity contribution >= 4 is 82.4 Å². The standard InChI is InChI=1S/C22H12B6ClF2N3O4/c23-19(24)8-15(35)32-17(37)21(19,25)33-9-10-7-12(3-6-14(10)16(33)36)22(26,27)34(28)18(38)20(30,31)11-1-4-13(29)5-2-11/h1-7H,8-9H2,(H,32,35,37)/t21-/m0/s1. The van der Waals surface area contributed by atoms with Crippen LogP contribution >= 0.6 is 11.6 Å². The van der Waals surface area contributed by atoms with Crippen LogP contribution in [0.2, 0.25) is 10.2 Å². The number of hydrogen-bond donors (Lipinski definition) is 1. The number of rotatable bonds is 5. The Morgan fingerprint density at radius 3 is 2.18 bits per heavy atom. The molecule has 7 nitrogen and oxygen atoms in total. The zero-order chi connectivity index (χ0) is 28.4. The van der Waals surface area contributed by atoms with E-state index < -0.39 is 57.5 Å². The van der Waals surface area contributed by atoms with Gasteiger partial charge < -0.3 is 9.71 Å². The molecule has 0 saturated carbocycles. The highest BCUT2D eigenvalue weighted by Crippen LogP contribution is 2.45. The minimum absolute atomic E-state index is 0.0206. The van der Waals surface area contributed by atoms with Crippen LogP contribution in [0.5, 0.6) is 0 Å². The van der Waals surface area contributed by atoms with Gasteiger partial charge in [-0.25, -0.2) is 0 Å². The Bertz CT molecular complexity index is 1380. The zero-order valence-electron chi connectivity index (χ0n) is 19.6. The van der Waals surface area contributed by atoms with Crippen LogP contribution in [-0.2, 0) is 32.2 Å². The minimum Gasteiger partial charge on any atom is -0.398 e.